The summed E-state index contributed by atoms with van der Waals surface area (Å²) >= 11 is 5.11. The van der Waals surface area contributed by atoms with Gasteiger partial charge >= 0.3 is 0 Å². The lowest BCUT2D eigenvalue weighted by Crippen LogP contribution is -2.58. The topological polar surface area (TPSA) is 111 Å². The summed E-state index contributed by atoms with van der Waals surface area (Å²) in [6.45, 7) is 1.91. The fourth-order valence-corrected chi connectivity index (χ4v) is 2.85. The van der Waals surface area contributed by atoms with E-state index < -0.39 is 23.6 Å². The number of amides is 3. The van der Waals surface area contributed by atoms with E-state index in [-0.39, 0.29) is 16.4 Å². The number of carbonyl (C=O) groups is 3. The third-order valence-electron chi connectivity index (χ3n) is 4.03. The molecule has 3 rings (SSSR count). The summed E-state index contributed by atoms with van der Waals surface area (Å²) in [4.78, 5) is 38.2. The number of thiocarbonyl (C=S) groups is 1. The summed E-state index contributed by atoms with van der Waals surface area (Å²) in [5, 5.41) is 15.8. The first-order chi connectivity index (χ1) is 13.4. The van der Waals surface area contributed by atoms with Gasteiger partial charge in [0.15, 0.2) is 11.0 Å². The van der Waals surface area contributed by atoms with E-state index in [1.54, 1.807) is 24.3 Å². The minimum Gasteiger partial charge on any atom is -0.507 e. The van der Waals surface area contributed by atoms with Gasteiger partial charge in [-0.05, 0) is 43.4 Å². The van der Waals surface area contributed by atoms with Gasteiger partial charge in [0.2, 0.25) is 5.91 Å². The SMILES string of the molecule is Cc1ccc(N2C(=O)[C@@H](/C=N\NC(=O)c3ccccc3O)C(=O)NC2=S)cc1. The maximum atomic E-state index is 12.8. The molecule has 0 saturated carbocycles. The largest absolute Gasteiger partial charge is 0.507 e. The lowest BCUT2D eigenvalue weighted by Gasteiger charge is -2.30. The van der Waals surface area contributed by atoms with Gasteiger partial charge in [0.05, 0.1) is 11.3 Å². The van der Waals surface area contributed by atoms with Crippen molar-refractivity contribution in [3.8, 4) is 5.75 Å². The molecule has 0 spiro atoms. The van der Waals surface area contributed by atoms with Crippen molar-refractivity contribution in [2.75, 3.05) is 4.90 Å². The molecule has 3 N–H and O–H groups in total. The predicted molar refractivity (Wildman–Crippen MR) is 107 cm³/mol. The van der Waals surface area contributed by atoms with Crippen LogP contribution >= 0.6 is 12.2 Å². The van der Waals surface area contributed by atoms with Crippen LogP contribution in [0.25, 0.3) is 0 Å². The molecule has 0 aliphatic carbocycles. The summed E-state index contributed by atoms with van der Waals surface area (Å²) in [6.07, 6.45) is 1.03. The number of phenolic OH excluding ortho intramolecular Hbond substituents is 1. The molecule has 1 heterocycles. The highest BCUT2D eigenvalue weighted by molar-refractivity contribution is 7.80. The molecule has 2 aromatic carbocycles. The molecule has 3 amide bonds. The van der Waals surface area contributed by atoms with Crippen molar-refractivity contribution in [3.63, 3.8) is 0 Å². The van der Waals surface area contributed by atoms with Crippen LogP contribution in [0.3, 0.4) is 0 Å². The number of aromatic hydroxyl groups is 1. The average Bonchev–Trinajstić information content (AvgIpc) is 2.66. The molecule has 1 saturated heterocycles. The number of phenols is 1. The number of hydrazone groups is 1. The zero-order valence-electron chi connectivity index (χ0n) is 14.7. The van der Waals surface area contributed by atoms with E-state index in [2.05, 4.69) is 15.8 Å². The van der Waals surface area contributed by atoms with Crippen molar-refractivity contribution in [1.82, 2.24) is 10.7 Å². The van der Waals surface area contributed by atoms with Crippen molar-refractivity contribution in [3.05, 3.63) is 59.7 Å². The van der Waals surface area contributed by atoms with Crippen molar-refractivity contribution < 1.29 is 19.5 Å². The molecular formula is C19H16N4O4S. The number of aryl methyl sites for hydroxylation is 1. The molecule has 0 unspecified atom stereocenters. The molecule has 0 bridgehead atoms. The van der Waals surface area contributed by atoms with Gasteiger partial charge in [-0.1, -0.05) is 29.8 Å². The van der Waals surface area contributed by atoms with Crippen LogP contribution in [-0.4, -0.2) is 34.2 Å². The number of hydrogen-bond acceptors (Lipinski definition) is 6. The number of carbonyl (C=O) groups excluding carboxylic acids is 3. The van der Waals surface area contributed by atoms with Gasteiger partial charge in [-0.2, -0.15) is 5.10 Å². The number of hydrogen-bond donors (Lipinski definition) is 3. The maximum Gasteiger partial charge on any atom is 0.275 e. The Balaban J connectivity index is 1.76. The van der Waals surface area contributed by atoms with Crippen molar-refractivity contribution in [2.45, 2.75) is 6.92 Å². The van der Waals surface area contributed by atoms with E-state index >= 15 is 0 Å². The first-order valence-corrected chi connectivity index (χ1v) is 8.66. The predicted octanol–water partition coefficient (Wildman–Crippen LogP) is 1.48. The Morgan fingerprint density at radius 2 is 1.89 bits per heavy atom. The van der Waals surface area contributed by atoms with Crippen LogP contribution in [0.5, 0.6) is 5.75 Å². The molecule has 0 aromatic heterocycles. The quantitative estimate of drug-likeness (QED) is 0.314. The maximum absolute atomic E-state index is 12.8. The van der Waals surface area contributed by atoms with Crippen LogP contribution in [0.4, 0.5) is 5.69 Å². The molecule has 9 heteroatoms. The molecule has 1 aliphatic heterocycles. The van der Waals surface area contributed by atoms with Crippen LogP contribution in [0.1, 0.15) is 15.9 Å². The molecule has 1 aliphatic rings. The van der Waals surface area contributed by atoms with Crippen LogP contribution < -0.4 is 15.6 Å². The number of para-hydroxylation sites is 1. The molecule has 0 radical (unpaired) electrons. The highest BCUT2D eigenvalue weighted by atomic mass is 32.1. The number of rotatable bonds is 4. The van der Waals surface area contributed by atoms with E-state index in [4.69, 9.17) is 12.2 Å². The molecule has 142 valence electrons. The van der Waals surface area contributed by atoms with Crippen molar-refractivity contribution in [2.24, 2.45) is 11.0 Å². The summed E-state index contributed by atoms with van der Waals surface area (Å²) in [5.74, 6) is -3.38. The Kier molecular flexibility index (Phi) is 5.46. The highest BCUT2D eigenvalue weighted by Gasteiger charge is 2.38. The summed E-state index contributed by atoms with van der Waals surface area (Å²) < 4.78 is 0. The second-order valence-electron chi connectivity index (χ2n) is 6.02. The second-order valence-corrected chi connectivity index (χ2v) is 6.40. The molecule has 28 heavy (non-hydrogen) atoms. The summed E-state index contributed by atoms with van der Waals surface area (Å²) in [7, 11) is 0. The number of nitrogens with zero attached hydrogens (tertiary/aromatic N) is 2. The van der Waals surface area contributed by atoms with Crippen molar-refractivity contribution >= 4 is 47.0 Å². The first kappa shape index (κ1) is 19.2. The monoisotopic (exact) mass is 396 g/mol. The molecule has 1 atom stereocenters. The zero-order chi connectivity index (χ0) is 20.3. The third kappa shape index (κ3) is 3.89. The Bertz CT molecular complexity index is 988. The third-order valence-corrected chi connectivity index (χ3v) is 4.32. The number of nitrogens with one attached hydrogen (secondary N) is 2. The van der Waals surface area contributed by atoms with Gasteiger partial charge in [0.1, 0.15) is 5.75 Å². The summed E-state index contributed by atoms with van der Waals surface area (Å²) in [5.41, 5.74) is 3.72. The van der Waals surface area contributed by atoms with E-state index in [0.717, 1.165) is 11.8 Å². The Morgan fingerprint density at radius 1 is 1.21 bits per heavy atom. The van der Waals surface area contributed by atoms with Crippen LogP contribution in [0.15, 0.2) is 53.6 Å². The van der Waals surface area contributed by atoms with E-state index in [1.165, 1.54) is 17.0 Å². The van der Waals surface area contributed by atoms with Crippen LogP contribution in [-0.2, 0) is 9.59 Å². The molecule has 2 aromatic rings. The van der Waals surface area contributed by atoms with Gasteiger partial charge in [0, 0.05) is 6.21 Å². The molecular weight excluding hydrogens is 380 g/mol. The lowest BCUT2D eigenvalue weighted by atomic mass is 10.1. The minimum atomic E-state index is -1.27. The van der Waals surface area contributed by atoms with Gasteiger partial charge in [-0.25, -0.2) is 5.43 Å². The standard InChI is InChI=1S/C19H16N4O4S/c1-11-6-8-12(9-7-11)23-18(27)14(16(25)21-19(23)28)10-20-22-17(26)13-4-2-3-5-15(13)24/h2-10,14,24H,1H3,(H,22,26)(H,21,25,28)/b20-10-/t14-/m0/s1. The van der Waals surface area contributed by atoms with Crippen LogP contribution in [0, 0.1) is 12.8 Å². The average molecular weight is 396 g/mol. The fraction of sp³-hybridized carbons (Fsp3) is 0.105. The Morgan fingerprint density at radius 3 is 2.57 bits per heavy atom. The van der Waals surface area contributed by atoms with Crippen LogP contribution in [0.2, 0.25) is 0 Å². The number of benzene rings is 2. The second kappa shape index (κ2) is 7.97. The minimum absolute atomic E-state index is 0.0153. The lowest BCUT2D eigenvalue weighted by molar-refractivity contribution is -0.130. The van der Waals surface area contributed by atoms with Gasteiger partial charge in [0.25, 0.3) is 11.8 Å². The van der Waals surface area contributed by atoms with E-state index in [9.17, 15) is 19.5 Å². The Hall–Kier alpha value is -3.59. The molecule has 8 nitrogen and oxygen atoms in total. The van der Waals surface area contributed by atoms with E-state index in [1.807, 2.05) is 19.1 Å². The Labute approximate surface area is 165 Å². The fourth-order valence-electron chi connectivity index (χ4n) is 2.56. The van der Waals surface area contributed by atoms with E-state index in [0.29, 0.717) is 5.69 Å². The summed E-state index contributed by atoms with van der Waals surface area (Å²) in [6, 6.07) is 13.0. The highest BCUT2D eigenvalue weighted by Crippen LogP contribution is 2.21. The van der Waals surface area contributed by atoms with Gasteiger partial charge in [-0.15, -0.1) is 0 Å². The van der Waals surface area contributed by atoms with Gasteiger partial charge in [-0.3, -0.25) is 19.3 Å². The zero-order valence-corrected chi connectivity index (χ0v) is 15.6. The smallest absolute Gasteiger partial charge is 0.275 e. The normalized spacial score (nSPS) is 17.0. The van der Waals surface area contributed by atoms with Gasteiger partial charge < -0.3 is 10.4 Å². The van der Waals surface area contributed by atoms with Crippen molar-refractivity contribution in [1.29, 1.82) is 0 Å². The molecule has 1 fully saturated rings. The number of anilines is 1. The first-order valence-electron chi connectivity index (χ1n) is 8.25.